The molecule has 27 heavy (non-hydrogen) atoms. The number of methoxy groups -OCH3 is 1. The van der Waals surface area contributed by atoms with Gasteiger partial charge in [0.05, 0.1) is 12.7 Å². The number of rotatable bonds is 7. The molecule has 0 fully saturated rings. The number of fused-ring (bicyclic) bond motifs is 1. The van der Waals surface area contributed by atoms with Crippen LogP contribution in [0.3, 0.4) is 0 Å². The Morgan fingerprint density at radius 2 is 2.04 bits per heavy atom. The fourth-order valence-electron chi connectivity index (χ4n) is 3.04. The van der Waals surface area contributed by atoms with E-state index in [0.29, 0.717) is 35.7 Å². The number of carbonyl (C=O) groups excluding carboxylic acids is 1. The predicted molar refractivity (Wildman–Crippen MR) is 105 cm³/mol. The lowest BCUT2D eigenvalue weighted by Gasteiger charge is -2.24. The van der Waals surface area contributed by atoms with Gasteiger partial charge in [0, 0.05) is 37.4 Å². The molecule has 6 heteroatoms. The van der Waals surface area contributed by atoms with Gasteiger partial charge >= 0.3 is 0 Å². The van der Waals surface area contributed by atoms with E-state index < -0.39 is 0 Å². The van der Waals surface area contributed by atoms with Crippen LogP contribution in [0.2, 0.25) is 0 Å². The van der Waals surface area contributed by atoms with Gasteiger partial charge in [-0.15, -0.1) is 0 Å². The van der Waals surface area contributed by atoms with Crippen molar-refractivity contribution in [2.45, 2.75) is 13.5 Å². The average Bonchev–Trinajstić information content (AvgIpc) is 2.99. The molecule has 0 saturated heterocycles. The van der Waals surface area contributed by atoms with Crippen LogP contribution >= 0.6 is 0 Å². The van der Waals surface area contributed by atoms with E-state index in [0.717, 1.165) is 17.5 Å². The molecule has 0 bridgehead atoms. The highest BCUT2D eigenvalue weighted by molar-refractivity contribution is 6.07. The van der Waals surface area contributed by atoms with Gasteiger partial charge in [-0.05, 0) is 50.8 Å². The van der Waals surface area contributed by atoms with Gasteiger partial charge in [-0.1, -0.05) is 6.07 Å². The van der Waals surface area contributed by atoms with Crippen LogP contribution in [0.5, 0.6) is 5.75 Å². The van der Waals surface area contributed by atoms with Crippen molar-refractivity contribution in [2.24, 2.45) is 0 Å². The first-order valence-corrected chi connectivity index (χ1v) is 8.89. The van der Waals surface area contributed by atoms with Gasteiger partial charge in [0.15, 0.2) is 0 Å². The fourth-order valence-corrected chi connectivity index (χ4v) is 3.04. The molecule has 6 nitrogen and oxygen atoms in total. The minimum absolute atomic E-state index is 0.0507. The lowest BCUT2D eigenvalue weighted by Crippen LogP contribution is -2.36. The Balaban J connectivity index is 1.97. The number of hydrogen-bond acceptors (Lipinski definition) is 5. The van der Waals surface area contributed by atoms with Gasteiger partial charge in [-0.2, -0.15) is 0 Å². The second kappa shape index (κ2) is 8.22. The third kappa shape index (κ3) is 4.28. The summed E-state index contributed by atoms with van der Waals surface area (Å²) in [5.41, 5.74) is 2.27. The number of nitrogens with zero attached hydrogens (tertiary/aromatic N) is 3. The predicted octanol–water partition coefficient (Wildman–Crippen LogP) is 3.35. The summed E-state index contributed by atoms with van der Waals surface area (Å²) in [5.74, 6) is 1.26. The second-order valence-electron chi connectivity index (χ2n) is 6.79. The summed E-state index contributed by atoms with van der Waals surface area (Å²) in [7, 11) is 5.60. The molecule has 0 radical (unpaired) electrons. The second-order valence-corrected chi connectivity index (χ2v) is 6.79. The zero-order valence-corrected chi connectivity index (χ0v) is 16.2. The molecule has 0 aliphatic heterocycles. The number of aromatic nitrogens is 1. The largest absolute Gasteiger partial charge is 0.497 e. The molecule has 0 aliphatic rings. The van der Waals surface area contributed by atoms with Crippen LogP contribution in [0.15, 0.2) is 47.1 Å². The van der Waals surface area contributed by atoms with E-state index in [-0.39, 0.29) is 5.91 Å². The summed E-state index contributed by atoms with van der Waals surface area (Å²) in [5, 5.41) is 0.776. The van der Waals surface area contributed by atoms with Crippen LogP contribution in [-0.2, 0) is 6.54 Å². The SMILES string of the molecule is COc1ccc2oc(C)c(C(=O)N(CCN(C)C)Cc3cccnc3)c2c1. The third-order valence-electron chi connectivity index (χ3n) is 4.49. The van der Waals surface area contributed by atoms with Crippen LogP contribution in [0.1, 0.15) is 21.7 Å². The Morgan fingerprint density at radius 1 is 1.22 bits per heavy atom. The van der Waals surface area contributed by atoms with E-state index in [1.54, 1.807) is 19.5 Å². The van der Waals surface area contributed by atoms with Crippen molar-refractivity contribution >= 4 is 16.9 Å². The summed E-state index contributed by atoms with van der Waals surface area (Å²) in [6.45, 7) is 3.70. The summed E-state index contributed by atoms with van der Waals surface area (Å²) in [4.78, 5) is 21.5. The lowest BCUT2D eigenvalue weighted by molar-refractivity contribution is 0.0732. The normalized spacial score (nSPS) is 11.1. The lowest BCUT2D eigenvalue weighted by atomic mass is 10.1. The summed E-state index contributed by atoms with van der Waals surface area (Å²) in [6.07, 6.45) is 3.52. The molecule has 0 aliphatic carbocycles. The zero-order valence-electron chi connectivity index (χ0n) is 16.2. The van der Waals surface area contributed by atoms with Gasteiger partial charge in [-0.25, -0.2) is 0 Å². The number of amides is 1. The molecule has 1 aromatic carbocycles. The topological polar surface area (TPSA) is 58.8 Å². The molecule has 3 rings (SSSR count). The highest BCUT2D eigenvalue weighted by Crippen LogP contribution is 2.30. The van der Waals surface area contributed by atoms with Crippen molar-refractivity contribution < 1.29 is 13.9 Å². The molecule has 142 valence electrons. The fraction of sp³-hybridized carbons (Fsp3) is 0.333. The van der Waals surface area contributed by atoms with E-state index >= 15 is 0 Å². The minimum atomic E-state index is -0.0507. The first-order chi connectivity index (χ1) is 13.0. The number of benzene rings is 1. The number of carbonyl (C=O) groups is 1. The van der Waals surface area contributed by atoms with Gasteiger partial charge in [-0.3, -0.25) is 9.78 Å². The molecule has 0 atom stereocenters. The number of pyridine rings is 1. The van der Waals surface area contributed by atoms with Gasteiger partial charge < -0.3 is 19.0 Å². The first-order valence-electron chi connectivity index (χ1n) is 8.89. The number of furan rings is 1. The van der Waals surface area contributed by atoms with Crippen LogP contribution in [0, 0.1) is 6.92 Å². The van der Waals surface area contributed by atoms with Crippen molar-refractivity contribution in [3.63, 3.8) is 0 Å². The highest BCUT2D eigenvalue weighted by atomic mass is 16.5. The van der Waals surface area contributed by atoms with Crippen molar-refractivity contribution in [3.8, 4) is 5.75 Å². The number of hydrogen-bond donors (Lipinski definition) is 0. The van der Waals surface area contributed by atoms with Crippen molar-refractivity contribution in [1.29, 1.82) is 0 Å². The van der Waals surface area contributed by atoms with Gasteiger partial charge in [0.1, 0.15) is 17.1 Å². The van der Waals surface area contributed by atoms with Crippen LogP contribution in [0.25, 0.3) is 11.0 Å². The average molecular weight is 367 g/mol. The monoisotopic (exact) mass is 367 g/mol. The van der Waals surface area contributed by atoms with Gasteiger partial charge in [0.25, 0.3) is 5.91 Å². The Labute approximate surface area is 159 Å². The van der Waals surface area contributed by atoms with E-state index in [9.17, 15) is 4.79 Å². The summed E-state index contributed by atoms with van der Waals surface area (Å²) in [6, 6.07) is 9.38. The van der Waals surface area contributed by atoms with E-state index in [4.69, 9.17) is 9.15 Å². The smallest absolute Gasteiger partial charge is 0.258 e. The molecule has 1 amide bonds. The minimum Gasteiger partial charge on any atom is -0.497 e. The molecule has 2 aromatic heterocycles. The molecule has 3 aromatic rings. The van der Waals surface area contributed by atoms with Crippen molar-refractivity contribution in [2.75, 3.05) is 34.3 Å². The maximum Gasteiger partial charge on any atom is 0.258 e. The maximum absolute atomic E-state index is 13.4. The first kappa shape index (κ1) is 18.9. The molecule has 0 N–H and O–H groups in total. The third-order valence-corrected chi connectivity index (χ3v) is 4.49. The summed E-state index contributed by atoms with van der Waals surface area (Å²) < 4.78 is 11.1. The number of likely N-dealkylation sites (N-methyl/N-ethyl adjacent to an activating group) is 1. The molecule has 0 unspecified atom stereocenters. The van der Waals surface area contributed by atoms with Crippen molar-refractivity contribution in [1.82, 2.24) is 14.8 Å². The van der Waals surface area contributed by atoms with E-state index in [1.165, 1.54) is 0 Å². The molecular formula is C21H25N3O3. The van der Waals surface area contributed by atoms with Crippen molar-refractivity contribution in [3.05, 3.63) is 59.6 Å². The van der Waals surface area contributed by atoms with Crippen LogP contribution in [0.4, 0.5) is 0 Å². The standard InChI is InChI=1S/C21H25N3O3/c1-15-20(18-12-17(26-4)7-8-19(18)27-15)21(25)24(11-10-23(2)3)14-16-6-5-9-22-13-16/h5-9,12-13H,10-11,14H2,1-4H3. The number of ether oxygens (including phenoxy) is 1. The van der Waals surface area contributed by atoms with Gasteiger partial charge in [0.2, 0.25) is 0 Å². The summed E-state index contributed by atoms with van der Waals surface area (Å²) >= 11 is 0. The number of aryl methyl sites for hydroxylation is 1. The Kier molecular flexibility index (Phi) is 5.76. The molecule has 0 spiro atoms. The molecular weight excluding hydrogens is 342 g/mol. The zero-order chi connectivity index (χ0) is 19.4. The Bertz CT molecular complexity index is 919. The quantitative estimate of drug-likeness (QED) is 0.641. The molecule has 2 heterocycles. The maximum atomic E-state index is 13.4. The highest BCUT2D eigenvalue weighted by Gasteiger charge is 2.24. The van der Waals surface area contributed by atoms with E-state index in [1.807, 2.05) is 56.3 Å². The van der Waals surface area contributed by atoms with Crippen LogP contribution < -0.4 is 4.74 Å². The Hall–Kier alpha value is -2.86. The molecule has 0 saturated carbocycles. The van der Waals surface area contributed by atoms with Crippen LogP contribution in [-0.4, -0.2) is 55.0 Å². The van der Waals surface area contributed by atoms with E-state index in [2.05, 4.69) is 9.88 Å². The Morgan fingerprint density at radius 3 is 2.70 bits per heavy atom.